The van der Waals surface area contributed by atoms with E-state index in [-0.39, 0.29) is 0 Å². The monoisotopic (exact) mass is 277 g/mol. The van der Waals surface area contributed by atoms with Gasteiger partial charge in [-0.2, -0.15) is 0 Å². The number of hydrogen-bond acceptors (Lipinski definition) is 5. The first-order valence-electron chi connectivity index (χ1n) is 6.23. The van der Waals surface area contributed by atoms with E-state index in [4.69, 9.17) is 10.5 Å². The number of nitrogens with two attached hydrogens (primary N) is 1. The van der Waals surface area contributed by atoms with Gasteiger partial charge in [0.15, 0.2) is 0 Å². The number of ether oxygens (including phenoxy) is 1. The van der Waals surface area contributed by atoms with Crippen LogP contribution in [0.5, 0.6) is 5.75 Å². The van der Waals surface area contributed by atoms with Crippen LogP contribution >= 0.6 is 11.3 Å². The first-order chi connectivity index (χ1) is 9.19. The molecule has 0 aliphatic rings. The molecule has 0 fully saturated rings. The Labute approximate surface area is 117 Å². The molecule has 0 amide bonds. The molecule has 0 radical (unpaired) electrons. The normalized spacial score (nSPS) is 10.6. The average molecular weight is 277 g/mol. The third-order valence-electron chi connectivity index (χ3n) is 2.85. The van der Waals surface area contributed by atoms with Crippen LogP contribution < -0.4 is 15.8 Å². The van der Waals surface area contributed by atoms with Crippen molar-refractivity contribution >= 4 is 17.0 Å². The van der Waals surface area contributed by atoms with Crippen LogP contribution in [-0.4, -0.2) is 18.6 Å². The highest BCUT2D eigenvalue weighted by atomic mass is 32.1. The number of rotatable bonds is 6. The lowest BCUT2D eigenvalue weighted by Crippen LogP contribution is -2.17. The number of thiazole rings is 1. The predicted molar refractivity (Wildman–Crippen MR) is 79.7 cm³/mol. The molecule has 102 valence electrons. The molecular weight excluding hydrogens is 258 g/mol. The summed E-state index contributed by atoms with van der Waals surface area (Å²) in [6, 6.07) is 5.73. The Balaban J connectivity index is 1.82. The van der Waals surface area contributed by atoms with Crippen LogP contribution in [0.25, 0.3) is 0 Å². The van der Waals surface area contributed by atoms with Gasteiger partial charge in [0.2, 0.25) is 0 Å². The SMILES string of the molecule is COc1cc(N)ccc1CNCCc1csc(C)n1. The second kappa shape index (κ2) is 6.54. The van der Waals surface area contributed by atoms with Gasteiger partial charge in [-0.3, -0.25) is 0 Å². The molecule has 2 aromatic rings. The number of aromatic nitrogens is 1. The van der Waals surface area contributed by atoms with Crippen molar-refractivity contribution in [1.82, 2.24) is 10.3 Å². The van der Waals surface area contributed by atoms with Crippen LogP contribution in [0, 0.1) is 6.92 Å². The van der Waals surface area contributed by atoms with E-state index < -0.39 is 0 Å². The number of methoxy groups -OCH3 is 1. The van der Waals surface area contributed by atoms with E-state index in [0.29, 0.717) is 0 Å². The van der Waals surface area contributed by atoms with E-state index in [0.717, 1.165) is 47.2 Å². The Kier molecular flexibility index (Phi) is 4.76. The molecule has 1 heterocycles. The van der Waals surface area contributed by atoms with Gasteiger partial charge in [0.25, 0.3) is 0 Å². The van der Waals surface area contributed by atoms with Crippen molar-refractivity contribution in [2.24, 2.45) is 0 Å². The minimum Gasteiger partial charge on any atom is -0.496 e. The molecule has 2 rings (SSSR count). The number of nitrogens with zero attached hydrogens (tertiary/aromatic N) is 1. The maximum Gasteiger partial charge on any atom is 0.125 e. The molecule has 0 atom stereocenters. The number of nitrogens with one attached hydrogen (secondary N) is 1. The fourth-order valence-electron chi connectivity index (χ4n) is 1.87. The number of benzene rings is 1. The summed E-state index contributed by atoms with van der Waals surface area (Å²) in [4.78, 5) is 4.44. The van der Waals surface area contributed by atoms with Crippen LogP contribution in [0.15, 0.2) is 23.6 Å². The minimum atomic E-state index is 0.721. The summed E-state index contributed by atoms with van der Waals surface area (Å²) in [7, 11) is 1.66. The molecule has 0 saturated heterocycles. The Morgan fingerprint density at radius 1 is 1.42 bits per heavy atom. The highest BCUT2D eigenvalue weighted by Gasteiger charge is 2.03. The van der Waals surface area contributed by atoms with E-state index in [1.165, 1.54) is 0 Å². The quantitative estimate of drug-likeness (QED) is 0.628. The van der Waals surface area contributed by atoms with Crippen LogP contribution in [-0.2, 0) is 13.0 Å². The van der Waals surface area contributed by atoms with Crippen molar-refractivity contribution in [2.75, 3.05) is 19.4 Å². The smallest absolute Gasteiger partial charge is 0.125 e. The van der Waals surface area contributed by atoms with Gasteiger partial charge in [-0.15, -0.1) is 11.3 Å². The Morgan fingerprint density at radius 2 is 2.26 bits per heavy atom. The van der Waals surface area contributed by atoms with E-state index in [2.05, 4.69) is 15.7 Å². The highest BCUT2D eigenvalue weighted by molar-refractivity contribution is 7.09. The molecule has 0 bridgehead atoms. The average Bonchev–Trinajstić information content (AvgIpc) is 2.81. The molecule has 4 nitrogen and oxygen atoms in total. The third-order valence-corrected chi connectivity index (χ3v) is 3.67. The van der Waals surface area contributed by atoms with Gasteiger partial charge in [-0.1, -0.05) is 6.07 Å². The molecule has 0 aliphatic heterocycles. The largest absolute Gasteiger partial charge is 0.496 e. The summed E-state index contributed by atoms with van der Waals surface area (Å²) in [5.41, 5.74) is 8.72. The van der Waals surface area contributed by atoms with Crippen molar-refractivity contribution in [3.8, 4) is 5.75 Å². The fraction of sp³-hybridized carbons (Fsp3) is 0.357. The highest BCUT2D eigenvalue weighted by Crippen LogP contribution is 2.21. The van der Waals surface area contributed by atoms with Gasteiger partial charge < -0.3 is 15.8 Å². The minimum absolute atomic E-state index is 0.721. The molecule has 1 aromatic carbocycles. The zero-order valence-electron chi connectivity index (χ0n) is 11.3. The van der Waals surface area contributed by atoms with Crippen molar-refractivity contribution in [3.05, 3.63) is 39.8 Å². The van der Waals surface area contributed by atoms with Crippen molar-refractivity contribution < 1.29 is 4.74 Å². The van der Waals surface area contributed by atoms with Crippen molar-refractivity contribution in [2.45, 2.75) is 19.9 Å². The molecular formula is C14H19N3OS. The van der Waals surface area contributed by atoms with Gasteiger partial charge in [0.1, 0.15) is 5.75 Å². The Hall–Kier alpha value is -1.59. The van der Waals surface area contributed by atoms with Gasteiger partial charge in [0, 0.05) is 42.2 Å². The van der Waals surface area contributed by atoms with Gasteiger partial charge in [-0.25, -0.2) is 4.98 Å². The molecule has 0 saturated carbocycles. The molecule has 5 heteroatoms. The van der Waals surface area contributed by atoms with Gasteiger partial charge in [0.05, 0.1) is 17.8 Å². The zero-order valence-corrected chi connectivity index (χ0v) is 12.1. The summed E-state index contributed by atoms with van der Waals surface area (Å²) in [6.07, 6.45) is 0.946. The molecule has 0 unspecified atom stereocenters. The maximum atomic E-state index is 5.73. The molecule has 1 aromatic heterocycles. The van der Waals surface area contributed by atoms with E-state index in [9.17, 15) is 0 Å². The summed E-state index contributed by atoms with van der Waals surface area (Å²) >= 11 is 1.69. The third kappa shape index (κ3) is 3.94. The lowest BCUT2D eigenvalue weighted by Gasteiger charge is -2.10. The molecule has 3 N–H and O–H groups in total. The summed E-state index contributed by atoms with van der Waals surface area (Å²) in [5, 5.41) is 6.63. The van der Waals surface area contributed by atoms with E-state index in [1.807, 2.05) is 25.1 Å². The molecule has 19 heavy (non-hydrogen) atoms. The zero-order chi connectivity index (χ0) is 13.7. The van der Waals surface area contributed by atoms with E-state index >= 15 is 0 Å². The lowest BCUT2D eigenvalue weighted by molar-refractivity contribution is 0.408. The predicted octanol–water partition coefficient (Wildman–Crippen LogP) is 2.37. The number of hydrogen-bond donors (Lipinski definition) is 2. The van der Waals surface area contributed by atoms with Crippen molar-refractivity contribution in [1.29, 1.82) is 0 Å². The first kappa shape index (κ1) is 13.8. The second-order valence-corrected chi connectivity index (χ2v) is 5.42. The van der Waals surface area contributed by atoms with E-state index in [1.54, 1.807) is 18.4 Å². The molecule has 0 spiro atoms. The van der Waals surface area contributed by atoms with Crippen LogP contribution in [0.4, 0.5) is 5.69 Å². The van der Waals surface area contributed by atoms with Gasteiger partial charge >= 0.3 is 0 Å². The second-order valence-electron chi connectivity index (χ2n) is 4.36. The standard InChI is InChI=1S/C14H19N3OS/c1-10-17-13(9-19-10)5-6-16-8-11-3-4-12(15)7-14(11)18-2/h3-4,7,9,16H,5-6,8,15H2,1-2H3. The maximum absolute atomic E-state index is 5.73. The van der Waals surface area contributed by atoms with Crippen molar-refractivity contribution in [3.63, 3.8) is 0 Å². The summed E-state index contributed by atoms with van der Waals surface area (Å²) in [5.74, 6) is 0.831. The van der Waals surface area contributed by atoms with Crippen LogP contribution in [0.1, 0.15) is 16.3 Å². The number of anilines is 1. The van der Waals surface area contributed by atoms with Gasteiger partial charge in [-0.05, 0) is 13.0 Å². The number of nitrogen functional groups attached to an aromatic ring is 1. The Morgan fingerprint density at radius 3 is 2.95 bits per heavy atom. The lowest BCUT2D eigenvalue weighted by atomic mass is 10.2. The topological polar surface area (TPSA) is 60.2 Å². The summed E-state index contributed by atoms with van der Waals surface area (Å²) < 4.78 is 5.31. The van der Waals surface area contributed by atoms with Crippen LogP contribution in [0.2, 0.25) is 0 Å². The first-order valence-corrected chi connectivity index (χ1v) is 7.11. The fourth-order valence-corrected chi connectivity index (χ4v) is 2.52. The van der Waals surface area contributed by atoms with Crippen LogP contribution in [0.3, 0.4) is 0 Å². The number of aryl methyl sites for hydroxylation is 1. The molecule has 0 aliphatic carbocycles. The Bertz CT molecular complexity index is 539. The summed E-state index contributed by atoms with van der Waals surface area (Å²) in [6.45, 7) is 3.70.